The van der Waals surface area contributed by atoms with Crippen LogP contribution in [0.3, 0.4) is 0 Å². The predicted octanol–water partition coefficient (Wildman–Crippen LogP) is 1.29. The molecule has 110 valence electrons. The van der Waals surface area contributed by atoms with Crippen molar-refractivity contribution in [2.24, 2.45) is 5.92 Å². The van der Waals surface area contributed by atoms with E-state index in [2.05, 4.69) is 22.5 Å². The Balaban J connectivity index is 0. The second-order valence-electron chi connectivity index (χ2n) is 4.63. The van der Waals surface area contributed by atoms with Crippen LogP contribution in [0.25, 0.3) is 0 Å². The zero-order valence-corrected chi connectivity index (χ0v) is 13.2. The number of carbonyl (C=O) groups excluding carboxylic acids is 1. The molecular weight excluding hydrogens is 273 g/mol. The Bertz CT molecular complexity index is 229. The van der Waals surface area contributed by atoms with Gasteiger partial charge in [-0.05, 0) is 33.0 Å². The predicted molar refractivity (Wildman–Crippen MR) is 80.9 cm³/mol. The van der Waals surface area contributed by atoms with Gasteiger partial charge in [-0.1, -0.05) is 13.8 Å². The smallest absolute Gasteiger partial charge is 0.224 e. The summed E-state index contributed by atoms with van der Waals surface area (Å²) in [6.07, 6.45) is 2.48. The molecule has 1 aliphatic heterocycles. The standard InChI is InChI=1S/C12H25N3O.2ClH/c1-4-15-7-5-6-11(15)9-14-12(16)10(2)8-13-3;;/h10-11,13H,4-9H2,1-3H3,(H,14,16);2*1H. The van der Waals surface area contributed by atoms with Crippen LogP contribution < -0.4 is 10.6 Å². The monoisotopic (exact) mass is 299 g/mol. The Morgan fingerprint density at radius 2 is 2.11 bits per heavy atom. The molecule has 2 N–H and O–H groups in total. The largest absolute Gasteiger partial charge is 0.354 e. The van der Waals surface area contributed by atoms with Gasteiger partial charge in [-0.25, -0.2) is 0 Å². The van der Waals surface area contributed by atoms with Gasteiger partial charge in [0.15, 0.2) is 0 Å². The molecule has 1 aliphatic rings. The molecule has 1 amide bonds. The number of rotatable bonds is 6. The molecule has 0 radical (unpaired) electrons. The molecule has 0 spiro atoms. The van der Waals surface area contributed by atoms with Crippen molar-refractivity contribution in [3.8, 4) is 0 Å². The van der Waals surface area contributed by atoms with E-state index in [0.717, 1.165) is 19.6 Å². The fraction of sp³-hybridized carbons (Fsp3) is 0.917. The third kappa shape index (κ3) is 6.23. The Kier molecular flexibility index (Phi) is 12.2. The highest BCUT2D eigenvalue weighted by Crippen LogP contribution is 2.15. The Morgan fingerprint density at radius 3 is 2.67 bits per heavy atom. The van der Waals surface area contributed by atoms with E-state index < -0.39 is 0 Å². The molecule has 0 aromatic rings. The number of halogens is 2. The number of nitrogens with zero attached hydrogens (tertiary/aromatic N) is 1. The van der Waals surface area contributed by atoms with Crippen LogP contribution in [0.4, 0.5) is 0 Å². The first-order valence-electron chi connectivity index (χ1n) is 6.35. The van der Waals surface area contributed by atoms with Gasteiger partial charge in [0.05, 0.1) is 0 Å². The molecule has 0 aromatic carbocycles. The number of amides is 1. The van der Waals surface area contributed by atoms with Gasteiger partial charge in [0.1, 0.15) is 0 Å². The molecule has 0 aliphatic carbocycles. The van der Waals surface area contributed by atoms with Crippen LogP contribution in [0.1, 0.15) is 26.7 Å². The van der Waals surface area contributed by atoms with Gasteiger partial charge in [0.25, 0.3) is 0 Å². The average Bonchev–Trinajstić information content (AvgIpc) is 2.73. The number of nitrogens with one attached hydrogen (secondary N) is 2. The quantitative estimate of drug-likeness (QED) is 0.777. The average molecular weight is 300 g/mol. The summed E-state index contributed by atoms with van der Waals surface area (Å²) in [6.45, 7) is 7.96. The van der Waals surface area contributed by atoms with Crippen LogP contribution in [-0.2, 0) is 4.79 Å². The van der Waals surface area contributed by atoms with Crippen molar-refractivity contribution in [1.82, 2.24) is 15.5 Å². The second kappa shape index (κ2) is 10.9. The van der Waals surface area contributed by atoms with Crippen molar-refractivity contribution in [1.29, 1.82) is 0 Å². The molecule has 1 saturated heterocycles. The van der Waals surface area contributed by atoms with Crippen molar-refractivity contribution in [3.05, 3.63) is 0 Å². The first-order chi connectivity index (χ1) is 7.69. The minimum atomic E-state index is 0. The highest BCUT2D eigenvalue weighted by Gasteiger charge is 2.23. The molecule has 1 heterocycles. The van der Waals surface area contributed by atoms with E-state index in [1.807, 2.05) is 14.0 Å². The fourth-order valence-electron chi connectivity index (χ4n) is 2.33. The van der Waals surface area contributed by atoms with Crippen LogP contribution in [0.5, 0.6) is 0 Å². The van der Waals surface area contributed by atoms with Crippen molar-refractivity contribution >= 4 is 30.7 Å². The molecule has 0 aromatic heterocycles. The maximum atomic E-state index is 11.7. The minimum absolute atomic E-state index is 0. The molecule has 2 atom stereocenters. The summed E-state index contributed by atoms with van der Waals surface area (Å²) in [5.41, 5.74) is 0. The van der Waals surface area contributed by atoms with Gasteiger partial charge >= 0.3 is 0 Å². The molecular formula is C12H27Cl2N3O. The van der Waals surface area contributed by atoms with Crippen LogP contribution in [-0.4, -0.2) is 50.1 Å². The molecule has 6 heteroatoms. The summed E-state index contributed by atoms with van der Waals surface area (Å²) >= 11 is 0. The normalized spacial score (nSPS) is 20.7. The molecule has 1 rings (SSSR count). The van der Waals surface area contributed by atoms with E-state index in [1.165, 1.54) is 19.4 Å². The number of hydrogen-bond donors (Lipinski definition) is 2. The summed E-state index contributed by atoms with van der Waals surface area (Å²) < 4.78 is 0. The lowest BCUT2D eigenvalue weighted by Gasteiger charge is -2.23. The number of hydrogen-bond acceptors (Lipinski definition) is 3. The zero-order valence-electron chi connectivity index (χ0n) is 11.6. The Hall–Kier alpha value is -0.0300. The van der Waals surface area contributed by atoms with Gasteiger partial charge in [-0.2, -0.15) is 0 Å². The summed E-state index contributed by atoms with van der Waals surface area (Å²) in [4.78, 5) is 14.2. The second-order valence-corrected chi connectivity index (χ2v) is 4.63. The first kappa shape index (κ1) is 20.3. The van der Waals surface area contributed by atoms with Crippen molar-refractivity contribution < 1.29 is 4.79 Å². The molecule has 18 heavy (non-hydrogen) atoms. The number of likely N-dealkylation sites (tertiary alicyclic amines) is 1. The third-order valence-electron chi connectivity index (χ3n) is 3.38. The lowest BCUT2D eigenvalue weighted by atomic mass is 10.1. The van der Waals surface area contributed by atoms with E-state index >= 15 is 0 Å². The van der Waals surface area contributed by atoms with Crippen molar-refractivity contribution in [3.63, 3.8) is 0 Å². The Morgan fingerprint density at radius 1 is 1.44 bits per heavy atom. The van der Waals surface area contributed by atoms with E-state index in [0.29, 0.717) is 6.04 Å². The lowest BCUT2D eigenvalue weighted by molar-refractivity contribution is -0.124. The molecule has 1 fully saturated rings. The summed E-state index contributed by atoms with van der Waals surface area (Å²) in [5, 5.41) is 6.08. The lowest BCUT2D eigenvalue weighted by Crippen LogP contribution is -2.42. The van der Waals surface area contributed by atoms with Gasteiger partial charge < -0.3 is 10.6 Å². The van der Waals surface area contributed by atoms with E-state index in [-0.39, 0.29) is 36.6 Å². The highest BCUT2D eigenvalue weighted by atomic mass is 35.5. The van der Waals surface area contributed by atoms with Gasteiger partial charge in [-0.15, -0.1) is 24.8 Å². The van der Waals surface area contributed by atoms with Crippen molar-refractivity contribution in [2.45, 2.75) is 32.7 Å². The van der Waals surface area contributed by atoms with Crippen LogP contribution in [0, 0.1) is 5.92 Å². The first-order valence-corrected chi connectivity index (χ1v) is 6.35. The third-order valence-corrected chi connectivity index (χ3v) is 3.38. The van der Waals surface area contributed by atoms with Crippen LogP contribution in [0.2, 0.25) is 0 Å². The van der Waals surface area contributed by atoms with Crippen LogP contribution >= 0.6 is 24.8 Å². The fourth-order valence-corrected chi connectivity index (χ4v) is 2.33. The van der Waals surface area contributed by atoms with E-state index in [4.69, 9.17) is 0 Å². The molecule has 4 nitrogen and oxygen atoms in total. The van der Waals surface area contributed by atoms with Gasteiger partial charge in [0, 0.05) is 25.0 Å². The van der Waals surface area contributed by atoms with E-state index in [1.54, 1.807) is 0 Å². The summed E-state index contributed by atoms with van der Waals surface area (Å²) in [7, 11) is 1.87. The maximum Gasteiger partial charge on any atom is 0.224 e. The van der Waals surface area contributed by atoms with Gasteiger partial charge in [0.2, 0.25) is 5.91 Å². The molecule has 2 unspecified atom stereocenters. The van der Waals surface area contributed by atoms with Gasteiger partial charge in [-0.3, -0.25) is 9.69 Å². The van der Waals surface area contributed by atoms with E-state index in [9.17, 15) is 4.79 Å². The Labute approximate surface area is 123 Å². The molecule has 0 bridgehead atoms. The summed E-state index contributed by atoms with van der Waals surface area (Å²) in [6, 6.07) is 0.552. The van der Waals surface area contributed by atoms with Crippen molar-refractivity contribution in [2.75, 3.05) is 33.2 Å². The number of likely N-dealkylation sites (N-methyl/N-ethyl adjacent to an activating group) is 1. The number of carbonyl (C=O) groups is 1. The minimum Gasteiger partial charge on any atom is -0.354 e. The highest BCUT2D eigenvalue weighted by molar-refractivity contribution is 5.85. The maximum absolute atomic E-state index is 11.7. The molecule has 0 saturated carbocycles. The SMILES string of the molecule is CCN1CCCC1CNC(=O)C(C)CNC.Cl.Cl. The summed E-state index contributed by atoms with van der Waals surface area (Å²) in [5.74, 6) is 0.221. The topological polar surface area (TPSA) is 44.4 Å². The van der Waals surface area contributed by atoms with Crippen LogP contribution in [0.15, 0.2) is 0 Å². The zero-order chi connectivity index (χ0) is 12.0.